The van der Waals surface area contributed by atoms with E-state index in [9.17, 15) is 0 Å². The lowest BCUT2D eigenvalue weighted by Gasteiger charge is -1.97. The Kier molecular flexibility index (Phi) is 4.37. The van der Waals surface area contributed by atoms with Crippen molar-refractivity contribution in [3.63, 3.8) is 0 Å². The largest absolute Gasteiger partial charge is 0.253 e. The molecule has 4 heteroatoms. The fourth-order valence-electron chi connectivity index (χ4n) is 1.51. The summed E-state index contributed by atoms with van der Waals surface area (Å²) in [5.41, 5.74) is 0. The first kappa shape index (κ1) is 11.3. The normalized spacial score (nSPS) is 9.53. The topological polar surface area (TPSA) is 56.4 Å². The van der Waals surface area contributed by atoms with Crippen LogP contribution >= 0.6 is 0 Å². The molecule has 1 heterocycles. The summed E-state index contributed by atoms with van der Waals surface area (Å²) < 4.78 is 4.18. The number of hydrogen-bond donors (Lipinski definition) is 0. The minimum absolute atomic E-state index is 0.535. The van der Waals surface area contributed by atoms with Crippen molar-refractivity contribution in [1.82, 2.24) is 4.57 Å². The van der Waals surface area contributed by atoms with E-state index in [1.165, 1.54) is 0 Å². The van der Waals surface area contributed by atoms with E-state index in [1.807, 2.05) is 19.3 Å². The molecule has 0 aliphatic rings. The number of nitrogens with zero attached hydrogens (tertiary/aromatic N) is 4. The van der Waals surface area contributed by atoms with E-state index in [0.717, 1.165) is 25.3 Å². The van der Waals surface area contributed by atoms with Gasteiger partial charge in [0.05, 0.1) is 25.1 Å². The number of nitriles is 2. The fraction of sp³-hybridized carbons (Fsp3) is 0.545. The van der Waals surface area contributed by atoms with E-state index in [2.05, 4.69) is 21.3 Å². The van der Waals surface area contributed by atoms with Gasteiger partial charge in [-0.25, -0.2) is 9.13 Å². The lowest BCUT2D eigenvalue weighted by molar-refractivity contribution is -0.701. The van der Waals surface area contributed by atoms with E-state index in [-0.39, 0.29) is 0 Å². The van der Waals surface area contributed by atoms with E-state index >= 15 is 0 Å². The molecule has 1 aromatic rings. The summed E-state index contributed by atoms with van der Waals surface area (Å²) in [5.74, 6) is 1.14. The van der Waals surface area contributed by atoms with E-state index in [1.54, 1.807) is 0 Å². The third-order valence-electron chi connectivity index (χ3n) is 2.41. The van der Waals surface area contributed by atoms with Gasteiger partial charge >= 0.3 is 0 Å². The quantitative estimate of drug-likeness (QED) is 0.535. The third-order valence-corrected chi connectivity index (χ3v) is 2.41. The van der Waals surface area contributed by atoms with Gasteiger partial charge in [0.15, 0.2) is 0 Å². The molecule has 0 aliphatic heterocycles. The van der Waals surface area contributed by atoms with Crippen LogP contribution < -0.4 is 4.57 Å². The second kappa shape index (κ2) is 5.82. The van der Waals surface area contributed by atoms with Crippen molar-refractivity contribution in [2.75, 3.05) is 0 Å². The zero-order chi connectivity index (χ0) is 11.1. The number of rotatable bonds is 5. The molecule has 0 saturated carbocycles. The van der Waals surface area contributed by atoms with Crippen molar-refractivity contribution < 1.29 is 4.57 Å². The molecular weight excluding hydrogens is 188 g/mol. The molecule has 0 aliphatic carbocycles. The molecule has 0 spiro atoms. The zero-order valence-electron chi connectivity index (χ0n) is 8.98. The molecule has 0 aromatic carbocycles. The maximum atomic E-state index is 8.49. The second-order valence-corrected chi connectivity index (χ2v) is 3.40. The standard InChI is InChI=1S/C11H15N4/c1-11-14(7-3-2-5-12)9-10-15(11)8-4-6-13/h9-10H,2-4,7-8H2,1H3/q+1. The minimum atomic E-state index is 0.535. The van der Waals surface area contributed by atoms with Crippen LogP contribution in [0.2, 0.25) is 0 Å². The molecule has 1 aromatic heterocycles. The van der Waals surface area contributed by atoms with E-state index < -0.39 is 0 Å². The van der Waals surface area contributed by atoms with Crippen LogP contribution in [0.25, 0.3) is 0 Å². The smallest absolute Gasteiger partial charge is 0.234 e. The van der Waals surface area contributed by atoms with Gasteiger partial charge in [-0.3, -0.25) is 0 Å². The molecule has 15 heavy (non-hydrogen) atoms. The van der Waals surface area contributed by atoms with Crippen molar-refractivity contribution in [2.45, 2.75) is 39.3 Å². The highest BCUT2D eigenvalue weighted by Gasteiger charge is 2.10. The van der Waals surface area contributed by atoms with Crippen LogP contribution in [0.15, 0.2) is 12.4 Å². The Morgan fingerprint density at radius 1 is 1.33 bits per heavy atom. The molecule has 0 bridgehead atoms. The first-order valence-corrected chi connectivity index (χ1v) is 5.08. The highest BCUT2D eigenvalue weighted by atomic mass is 15.1. The summed E-state index contributed by atoms with van der Waals surface area (Å²) >= 11 is 0. The Bertz CT molecular complexity index is 392. The van der Waals surface area contributed by atoms with Crippen LogP contribution in [0.4, 0.5) is 0 Å². The van der Waals surface area contributed by atoms with Gasteiger partial charge < -0.3 is 0 Å². The Morgan fingerprint density at radius 2 is 2.07 bits per heavy atom. The van der Waals surface area contributed by atoms with Gasteiger partial charge in [0.25, 0.3) is 5.82 Å². The molecular formula is C11H15N4+. The number of imidazole rings is 1. The average molecular weight is 203 g/mol. The van der Waals surface area contributed by atoms with Gasteiger partial charge in [-0.1, -0.05) is 0 Å². The monoisotopic (exact) mass is 203 g/mol. The van der Waals surface area contributed by atoms with Gasteiger partial charge in [-0.05, 0) is 6.42 Å². The Labute approximate surface area is 90.0 Å². The molecule has 0 unspecified atom stereocenters. The van der Waals surface area contributed by atoms with Crippen LogP contribution in [0.1, 0.15) is 25.1 Å². The second-order valence-electron chi connectivity index (χ2n) is 3.40. The van der Waals surface area contributed by atoms with E-state index in [0.29, 0.717) is 12.8 Å². The molecule has 0 N–H and O–H groups in total. The Hall–Kier alpha value is -1.81. The van der Waals surface area contributed by atoms with Gasteiger partial charge in [-0.2, -0.15) is 10.5 Å². The molecule has 78 valence electrons. The molecule has 0 atom stereocenters. The number of aromatic nitrogens is 2. The molecule has 0 radical (unpaired) electrons. The van der Waals surface area contributed by atoms with Crippen molar-refractivity contribution in [3.8, 4) is 12.1 Å². The maximum absolute atomic E-state index is 8.49. The predicted molar refractivity (Wildman–Crippen MR) is 54.4 cm³/mol. The molecule has 0 saturated heterocycles. The lowest BCUT2D eigenvalue weighted by atomic mass is 10.3. The summed E-state index contributed by atoms with van der Waals surface area (Å²) in [6.07, 6.45) is 6.00. The van der Waals surface area contributed by atoms with Gasteiger partial charge in [-0.15, -0.1) is 0 Å². The highest BCUT2D eigenvalue weighted by Crippen LogP contribution is 1.98. The van der Waals surface area contributed by atoms with Crippen LogP contribution in [0, 0.1) is 29.6 Å². The van der Waals surface area contributed by atoms with E-state index in [4.69, 9.17) is 10.5 Å². The summed E-state index contributed by atoms with van der Waals surface area (Å²) in [7, 11) is 0. The zero-order valence-corrected chi connectivity index (χ0v) is 8.98. The van der Waals surface area contributed by atoms with Crippen molar-refractivity contribution in [3.05, 3.63) is 18.2 Å². The summed E-state index contributed by atoms with van der Waals surface area (Å²) in [5, 5.41) is 16.9. The first-order valence-electron chi connectivity index (χ1n) is 5.08. The molecule has 0 fully saturated rings. The number of hydrogen-bond acceptors (Lipinski definition) is 2. The van der Waals surface area contributed by atoms with Crippen molar-refractivity contribution in [1.29, 1.82) is 10.5 Å². The minimum Gasteiger partial charge on any atom is -0.234 e. The number of unbranched alkanes of at least 4 members (excludes halogenated alkanes) is 1. The lowest BCUT2D eigenvalue weighted by Crippen LogP contribution is -2.35. The van der Waals surface area contributed by atoms with Gasteiger partial charge in [0.1, 0.15) is 18.9 Å². The Balaban J connectivity index is 2.56. The van der Waals surface area contributed by atoms with Gasteiger partial charge in [0.2, 0.25) is 0 Å². The van der Waals surface area contributed by atoms with Crippen LogP contribution in [0.5, 0.6) is 0 Å². The van der Waals surface area contributed by atoms with Crippen molar-refractivity contribution >= 4 is 0 Å². The summed E-state index contributed by atoms with van der Waals surface area (Å²) in [6.45, 7) is 3.65. The highest BCUT2D eigenvalue weighted by molar-refractivity contribution is 4.81. The van der Waals surface area contributed by atoms with Crippen molar-refractivity contribution in [2.24, 2.45) is 0 Å². The van der Waals surface area contributed by atoms with Gasteiger partial charge in [0, 0.05) is 13.3 Å². The summed E-state index contributed by atoms with van der Waals surface area (Å²) in [6, 6.07) is 4.27. The first-order chi connectivity index (χ1) is 7.29. The molecule has 1 rings (SSSR count). The molecule has 4 nitrogen and oxygen atoms in total. The van der Waals surface area contributed by atoms with Crippen LogP contribution in [-0.2, 0) is 13.1 Å². The average Bonchev–Trinajstić information content (AvgIpc) is 2.58. The SMILES string of the molecule is Cc1n(CCCC#N)cc[n+]1CCC#N. The number of aryl methyl sites for hydroxylation is 2. The Morgan fingerprint density at radius 3 is 2.73 bits per heavy atom. The maximum Gasteiger partial charge on any atom is 0.253 e. The fourth-order valence-corrected chi connectivity index (χ4v) is 1.51. The van der Waals surface area contributed by atoms with Crippen LogP contribution in [-0.4, -0.2) is 4.57 Å². The molecule has 0 amide bonds. The summed E-state index contributed by atoms with van der Waals surface area (Å²) in [4.78, 5) is 0. The van der Waals surface area contributed by atoms with Crippen LogP contribution in [0.3, 0.4) is 0 Å². The predicted octanol–water partition coefficient (Wildman–Crippen LogP) is 1.30. The third kappa shape index (κ3) is 3.11.